The Morgan fingerprint density at radius 2 is 1.95 bits per heavy atom. The van der Waals surface area contributed by atoms with Crippen LogP contribution in [0.25, 0.3) is 5.69 Å². The van der Waals surface area contributed by atoms with Crippen LogP contribution in [0.5, 0.6) is 0 Å². The van der Waals surface area contributed by atoms with Crippen LogP contribution in [0.2, 0.25) is 0 Å². The van der Waals surface area contributed by atoms with E-state index in [9.17, 15) is 13.2 Å². The summed E-state index contributed by atoms with van der Waals surface area (Å²) in [6.07, 6.45) is 1.96. The van der Waals surface area contributed by atoms with Crippen LogP contribution < -0.4 is 0 Å². The quantitative estimate of drug-likeness (QED) is 0.803. The van der Waals surface area contributed by atoms with Crippen LogP contribution in [-0.4, -0.2) is 35.5 Å². The molecule has 1 aliphatic heterocycles. The molecule has 1 aromatic heterocycles. The van der Waals surface area contributed by atoms with Crippen molar-refractivity contribution in [3.63, 3.8) is 0 Å². The largest absolute Gasteiger partial charge is 0.292 e. The molecule has 1 saturated heterocycles. The molecule has 5 nitrogen and oxygen atoms in total. The Bertz CT molecular complexity index is 735. The molecule has 104 valence electrons. The zero-order valence-corrected chi connectivity index (χ0v) is 11.6. The Morgan fingerprint density at radius 3 is 2.60 bits per heavy atom. The van der Waals surface area contributed by atoms with Crippen molar-refractivity contribution < 1.29 is 13.2 Å². The van der Waals surface area contributed by atoms with Crippen LogP contribution in [0, 0.1) is 5.92 Å². The van der Waals surface area contributed by atoms with E-state index >= 15 is 0 Å². The van der Waals surface area contributed by atoms with Crippen LogP contribution in [-0.2, 0) is 9.84 Å². The van der Waals surface area contributed by atoms with Crippen LogP contribution in [0.1, 0.15) is 16.9 Å². The summed E-state index contributed by atoms with van der Waals surface area (Å²) in [6.45, 7) is 0. The third-order valence-electron chi connectivity index (χ3n) is 3.50. The molecule has 0 saturated carbocycles. The van der Waals surface area contributed by atoms with Crippen LogP contribution in [0.4, 0.5) is 0 Å². The summed E-state index contributed by atoms with van der Waals surface area (Å²) in [5.41, 5.74) is 1.24. The van der Waals surface area contributed by atoms with Gasteiger partial charge < -0.3 is 0 Å². The standard InChI is InChI=1S/C14H14N2O3S/c17-14(11-7-9-20(18,19)10-11)13-6-8-15-16(13)12-4-2-1-3-5-12/h1-6,8,11H,7,9-10H2. The second-order valence-corrected chi connectivity index (χ2v) is 7.16. The molecule has 1 aromatic carbocycles. The molecule has 6 heteroatoms. The van der Waals surface area contributed by atoms with Gasteiger partial charge in [-0.1, -0.05) is 18.2 Å². The maximum atomic E-state index is 12.5. The fraction of sp³-hybridized carbons (Fsp3) is 0.286. The Kier molecular flexibility index (Phi) is 3.17. The number of carbonyl (C=O) groups is 1. The summed E-state index contributed by atoms with van der Waals surface area (Å²) in [7, 11) is -3.06. The summed E-state index contributed by atoms with van der Waals surface area (Å²) in [5, 5.41) is 4.16. The van der Waals surface area contributed by atoms with E-state index in [4.69, 9.17) is 0 Å². The zero-order chi connectivity index (χ0) is 14.2. The SMILES string of the molecule is O=C(c1ccnn1-c1ccccc1)C1CCS(=O)(=O)C1. The number of hydrogen-bond acceptors (Lipinski definition) is 4. The molecule has 0 aliphatic carbocycles. The lowest BCUT2D eigenvalue weighted by Crippen LogP contribution is -2.19. The van der Waals surface area contributed by atoms with Crippen LogP contribution in [0.3, 0.4) is 0 Å². The smallest absolute Gasteiger partial charge is 0.185 e. The second kappa shape index (κ2) is 4.86. The topological polar surface area (TPSA) is 69.0 Å². The van der Waals surface area contributed by atoms with E-state index in [1.165, 1.54) is 0 Å². The molecule has 0 N–H and O–H groups in total. The van der Waals surface area contributed by atoms with Crippen molar-refractivity contribution in [3.05, 3.63) is 48.3 Å². The number of ketones is 1. The molecule has 3 rings (SSSR count). The van der Waals surface area contributed by atoms with Crippen molar-refractivity contribution in [3.8, 4) is 5.69 Å². The van der Waals surface area contributed by atoms with Gasteiger partial charge in [0.15, 0.2) is 15.6 Å². The van der Waals surface area contributed by atoms with Gasteiger partial charge in [0.25, 0.3) is 0 Å². The molecule has 2 heterocycles. The molecule has 2 aromatic rings. The molecule has 0 bridgehead atoms. The number of Topliss-reactive ketones (excluding diaryl/α,β-unsaturated/α-hetero) is 1. The fourth-order valence-corrected chi connectivity index (χ4v) is 4.22. The maximum Gasteiger partial charge on any atom is 0.185 e. The maximum absolute atomic E-state index is 12.5. The van der Waals surface area contributed by atoms with Crippen molar-refractivity contribution in [2.45, 2.75) is 6.42 Å². The number of benzene rings is 1. The Hall–Kier alpha value is -1.95. The second-order valence-electron chi connectivity index (χ2n) is 4.93. The molecule has 1 aliphatic rings. The molecule has 20 heavy (non-hydrogen) atoms. The van der Waals surface area contributed by atoms with E-state index in [1.54, 1.807) is 16.9 Å². The molecular weight excluding hydrogens is 276 g/mol. The number of carbonyl (C=O) groups excluding carboxylic acids is 1. The molecule has 1 fully saturated rings. The van der Waals surface area contributed by atoms with Crippen molar-refractivity contribution in [1.29, 1.82) is 0 Å². The lowest BCUT2D eigenvalue weighted by atomic mass is 10.0. The number of para-hydroxylation sites is 1. The minimum absolute atomic E-state index is 0.0498. The number of rotatable bonds is 3. The van der Waals surface area contributed by atoms with Gasteiger partial charge in [0.2, 0.25) is 0 Å². The molecule has 1 atom stereocenters. The highest BCUT2D eigenvalue weighted by atomic mass is 32.2. The van der Waals surface area contributed by atoms with E-state index in [-0.39, 0.29) is 17.3 Å². The minimum Gasteiger partial charge on any atom is -0.292 e. The summed E-state index contributed by atoms with van der Waals surface area (Å²) < 4.78 is 24.6. The first kappa shape index (κ1) is 13.1. The van der Waals surface area contributed by atoms with Crippen molar-refractivity contribution in [2.24, 2.45) is 5.92 Å². The van der Waals surface area contributed by atoms with Gasteiger partial charge in [0.05, 0.1) is 23.4 Å². The minimum atomic E-state index is -3.06. The van der Waals surface area contributed by atoms with E-state index in [1.807, 2.05) is 30.3 Å². The number of sulfone groups is 1. The third-order valence-corrected chi connectivity index (χ3v) is 5.27. The lowest BCUT2D eigenvalue weighted by molar-refractivity contribution is 0.0925. The van der Waals surface area contributed by atoms with Crippen LogP contribution in [0.15, 0.2) is 42.6 Å². The van der Waals surface area contributed by atoms with Gasteiger partial charge in [-0.25, -0.2) is 13.1 Å². The first-order chi connectivity index (χ1) is 9.57. The normalized spacial score (nSPS) is 20.9. The third kappa shape index (κ3) is 2.38. The Morgan fingerprint density at radius 1 is 1.20 bits per heavy atom. The fourth-order valence-electron chi connectivity index (χ4n) is 2.48. The molecule has 0 amide bonds. The van der Waals surface area contributed by atoms with Gasteiger partial charge in [0.1, 0.15) is 5.69 Å². The van der Waals surface area contributed by atoms with E-state index in [0.29, 0.717) is 12.1 Å². The van der Waals surface area contributed by atoms with Gasteiger partial charge in [-0.15, -0.1) is 0 Å². The average Bonchev–Trinajstić information content (AvgIpc) is 3.05. The molecule has 1 unspecified atom stereocenters. The Labute approximate surface area is 117 Å². The average molecular weight is 290 g/mol. The summed E-state index contributed by atoms with van der Waals surface area (Å²) >= 11 is 0. The highest BCUT2D eigenvalue weighted by Crippen LogP contribution is 2.23. The van der Waals surface area contributed by atoms with Gasteiger partial charge in [0, 0.05) is 5.92 Å². The van der Waals surface area contributed by atoms with E-state index in [2.05, 4.69) is 5.10 Å². The van der Waals surface area contributed by atoms with Crippen molar-refractivity contribution in [1.82, 2.24) is 9.78 Å². The van der Waals surface area contributed by atoms with Gasteiger partial charge in [-0.05, 0) is 24.6 Å². The Balaban J connectivity index is 1.93. The van der Waals surface area contributed by atoms with Gasteiger partial charge in [-0.3, -0.25) is 4.79 Å². The van der Waals surface area contributed by atoms with Crippen LogP contribution >= 0.6 is 0 Å². The number of aromatic nitrogens is 2. The molecule has 0 spiro atoms. The summed E-state index contributed by atoms with van der Waals surface area (Å²) in [4.78, 5) is 12.5. The summed E-state index contributed by atoms with van der Waals surface area (Å²) in [6, 6.07) is 11.0. The van der Waals surface area contributed by atoms with Crippen molar-refractivity contribution in [2.75, 3.05) is 11.5 Å². The molecule has 0 radical (unpaired) electrons. The number of nitrogens with zero attached hydrogens (tertiary/aromatic N) is 2. The first-order valence-electron chi connectivity index (χ1n) is 6.41. The van der Waals surface area contributed by atoms with E-state index < -0.39 is 15.8 Å². The monoisotopic (exact) mass is 290 g/mol. The zero-order valence-electron chi connectivity index (χ0n) is 10.8. The summed E-state index contributed by atoms with van der Waals surface area (Å²) in [5.74, 6) is -0.541. The van der Waals surface area contributed by atoms with Crippen molar-refractivity contribution >= 4 is 15.6 Å². The van der Waals surface area contributed by atoms with Gasteiger partial charge in [-0.2, -0.15) is 5.10 Å². The predicted octanol–water partition coefficient (Wildman–Crippen LogP) is 1.49. The highest BCUT2D eigenvalue weighted by Gasteiger charge is 2.34. The van der Waals surface area contributed by atoms with E-state index in [0.717, 1.165) is 5.69 Å². The lowest BCUT2D eigenvalue weighted by Gasteiger charge is -2.09. The predicted molar refractivity (Wildman–Crippen MR) is 74.7 cm³/mol. The molecular formula is C14H14N2O3S. The highest BCUT2D eigenvalue weighted by molar-refractivity contribution is 7.91. The number of hydrogen-bond donors (Lipinski definition) is 0. The van der Waals surface area contributed by atoms with Gasteiger partial charge >= 0.3 is 0 Å². The first-order valence-corrected chi connectivity index (χ1v) is 8.23.